The maximum Gasteiger partial charge on any atom is 0.226 e. The molecule has 4 heteroatoms. The molecule has 17 heavy (non-hydrogen) atoms. The van der Waals surface area contributed by atoms with Crippen molar-refractivity contribution in [3.63, 3.8) is 0 Å². The van der Waals surface area contributed by atoms with Gasteiger partial charge in [-0.3, -0.25) is 4.79 Å². The number of aliphatic hydroxyl groups excluding tert-OH is 1. The molecule has 0 aromatic heterocycles. The Morgan fingerprint density at radius 3 is 2.71 bits per heavy atom. The van der Waals surface area contributed by atoms with Crippen molar-refractivity contribution in [1.82, 2.24) is 4.90 Å². The maximum atomic E-state index is 12.4. The number of nitrogens with zero attached hydrogens (tertiary/aromatic N) is 1. The Hall–Kier alpha value is -0.610. The van der Waals surface area contributed by atoms with Crippen molar-refractivity contribution in [1.29, 1.82) is 0 Å². The van der Waals surface area contributed by atoms with Crippen LogP contribution in [0.1, 0.15) is 38.5 Å². The van der Waals surface area contributed by atoms with Gasteiger partial charge in [-0.05, 0) is 38.1 Å². The number of hydrogen-bond acceptors (Lipinski definition) is 3. The van der Waals surface area contributed by atoms with Crippen LogP contribution in [-0.2, 0) is 4.79 Å². The molecule has 1 heterocycles. The summed E-state index contributed by atoms with van der Waals surface area (Å²) in [6, 6.07) is 0. The lowest BCUT2D eigenvalue weighted by atomic mass is 9.78. The fraction of sp³-hybridized carbons (Fsp3) is 0.923. The molecule has 0 spiro atoms. The van der Waals surface area contributed by atoms with Crippen molar-refractivity contribution in [2.45, 2.75) is 44.6 Å². The first-order valence-corrected chi connectivity index (χ1v) is 6.89. The number of amides is 1. The second-order valence-corrected chi connectivity index (χ2v) is 5.47. The molecule has 3 atom stereocenters. The molecule has 1 amide bonds. The molecule has 0 radical (unpaired) electrons. The standard InChI is InChI=1S/C13H24N2O2/c14-8-10-4-1-2-6-12(10)13(17)15-7-3-5-11(16)9-15/h10-12,16H,1-9,14H2. The molecule has 2 fully saturated rings. The topological polar surface area (TPSA) is 66.6 Å². The van der Waals surface area contributed by atoms with E-state index in [1.807, 2.05) is 4.90 Å². The lowest BCUT2D eigenvalue weighted by Crippen LogP contribution is -2.47. The molecule has 1 aliphatic heterocycles. The SMILES string of the molecule is NCC1CCCCC1C(=O)N1CCCC(O)C1. The van der Waals surface area contributed by atoms with Gasteiger partial charge in [-0.25, -0.2) is 0 Å². The number of β-amino-alcohol motifs (C(OH)–C–C–N with tert-alkyl or cyclic N) is 1. The first kappa shape index (κ1) is 12.8. The third-order valence-electron chi connectivity index (χ3n) is 4.24. The molecule has 0 aromatic rings. The van der Waals surface area contributed by atoms with E-state index in [4.69, 9.17) is 5.73 Å². The van der Waals surface area contributed by atoms with E-state index in [1.54, 1.807) is 0 Å². The molecule has 2 rings (SSSR count). The summed E-state index contributed by atoms with van der Waals surface area (Å²) in [5.41, 5.74) is 5.77. The van der Waals surface area contributed by atoms with Gasteiger partial charge in [0.25, 0.3) is 0 Å². The van der Waals surface area contributed by atoms with Gasteiger partial charge in [-0.15, -0.1) is 0 Å². The Morgan fingerprint density at radius 1 is 1.24 bits per heavy atom. The monoisotopic (exact) mass is 240 g/mol. The van der Waals surface area contributed by atoms with Crippen LogP contribution in [0.15, 0.2) is 0 Å². The summed E-state index contributed by atoms with van der Waals surface area (Å²) in [5.74, 6) is 0.702. The molecule has 1 saturated carbocycles. The summed E-state index contributed by atoms with van der Waals surface area (Å²) >= 11 is 0. The van der Waals surface area contributed by atoms with Gasteiger partial charge in [0.1, 0.15) is 0 Å². The van der Waals surface area contributed by atoms with Crippen LogP contribution in [0.4, 0.5) is 0 Å². The zero-order valence-electron chi connectivity index (χ0n) is 10.5. The number of rotatable bonds is 2. The Labute approximate surface area is 103 Å². The summed E-state index contributed by atoms with van der Waals surface area (Å²) in [7, 11) is 0. The van der Waals surface area contributed by atoms with Crippen molar-refractivity contribution in [2.24, 2.45) is 17.6 Å². The molecule has 2 aliphatic rings. The second-order valence-electron chi connectivity index (χ2n) is 5.47. The van der Waals surface area contributed by atoms with Crippen LogP contribution >= 0.6 is 0 Å². The van der Waals surface area contributed by atoms with Crippen LogP contribution in [0.3, 0.4) is 0 Å². The van der Waals surface area contributed by atoms with Crippen LogP contribution in [0.5, 0.6) is 0 Å². The number of hydrogen-bond donors (Lipinski definition) is 2. The minimum absolute atomic E-state index is 0.110. The van der Waals surface area contributed by atoms with E-state index in [9.17, 15) is 9.90 Å². The van der Waals surface area contributed by atoms with Gasteiger partial charge in [-0.1, -0.05) is 12.8 Å². The van der Waals surface area contributed by atoms with Crippen LogP contribution < -0.4 is 5.73 Å². The zero-order chi connectivity index (χ0) is 12.3. The average Bonchev–Trinajstić information content (AvgIpc) is 2.38. The highest BCUT2D eigenvalue weighted by atomic mass is 16.3. The summed E-state index contributed by atoms with van der Waals surface area (Å²) in [6.45, 7) is 1.95. The van der Waals surface area contributed by atoms with Gasteiger partial charge < -0.3 is 15.7 Å². The molecular weight excluding hydrogens is 216 g/mol. The average molecular weight is 240 g/mol. The first-order chi connectivity index (χ1) is 8.22. The van der Waals surface area contributed by atoms with Crippen LogP contribution in [0.2, 0.25) is 0 Å². The Bertz CT molecular complexity index is 270. The Balaban J connectivity index is 1.97. The van der Waals surface area contributed by atoms with E-state index >= 15 is 0 Å². The van der Waals surface area contributed by atoms with E-state index in [0.717, 1.165) is 38.6 Å². The maximum absolute atomic E-state index is 12.4. The number of nitrogens with two attached hydrogens (primary N) is 1. The van der Waals surface area contributed by atoms with Gasteiger partial charge in [0.2, 0.25) is 5.91 Å². The van der Waals surface area contributed by atoms with Crippen molar-refractivity contribution in [2.75, 3.05) is 19.6 Å². The highest BCUT2D eigenvalue weighted by Gasteiger charge is 2.34. The minimum Gasteiger partial charge on any atom is -0.391 e. The lowest BCUT2D eigenvalue weighted by Gasteiger charge is -2.37. The molecular formula is C13H24N2O2. The number of piperidine rings is 1. The normalized spacial score (nSPS) is 34.7. The van der Waals surface area contributed by atoms with Gasteiger partial charge >= 0.3 is 0 Å². The van der Waals surface area contributed by atoms with Crippen LogP contribution in [0.25, 0.3) is 0 Å². The quantitative estimate of drug-likeness (QED) is 0.748. The summed E-state index contributed by atoms with van der Waals surface area (Å²) in [5, 5.41) is 9.63. The van der Waals surface area contributed by atoms with Gasteiger partial charge in [0.05, 0.1) is 6.10 Å². The highest BCUT2D eigenvalue weighted by Crippen LogP contribution is 2.31. The summed E-state index contributed by atoms with van der Waals surface area (Å²) < 4.78 is 0. The fourth-order valence-electron chi connectivity index (χ4n) is 3.20. The van der Waals surface area contributed by atoms with Crippen molar-refractivity contribution < 1.29 is 9.90 Å². The number of likely N-dealkylation sites (tertiary alicyclic amines) is 1. The molecule has 0 bridgehead atoms. The molecule has 1 saturated heterocycles. The van der Waals surface area contributed by atoms with Crippen LogP contribution in [0, 0.1) is 11.8 Å². The Kier molecular flexibility index (Phi) is 4.40. The molecule has 4 nitrogen and oxygen atoms in total. The minimum atomic E-state index is -0.326. The number of carbonyl (C=O) groups excluding carboxylic acids is 1. The predicted octanol–water partition coefficient (Wildman–Crippen LogP) is 0.735. The van der Waals surface area contributed by atoms with Crippen LogP contribution in [-0.4, -0.2) is 41.7 Å². The van der Waals surface area contributed by atoms with E-state index in [0.29, 0.717) is 19.0 Å². The first-order valence-electron chi connectivity index (χ1n) is 6.89. The second kappa shape index (κ2) is 5.83. The van der Waals surface area contributed by atoms with Crippen molar-refractivity contribution in [3.05, 3.63) is 0 Å². The third kappa shape index (κ3) is 2.99. The van der Waals surface area contributed by atoms with Gasteiger partial charge in [-0.2, -0.15) is 0 Å². The molecule has 3 unspecified atom stereocenters. The zero-order valence-corrected chi connectivity index (χ0v) is 10.5. The largest absolute Gasteiger partial charge is 0.391 e. The molecule has 0 aromatic carbocycles. The highest BCUT2D eigenvalue weighted by molar-refractivity contribution is 5.79. The van der Waals surface area contributed by atoms with Gasteiger partial charge in [0, 0.05) is 19.0 Å². The fourth-order valence-corrected chi connectivity index (χ4v) is 3.20. The van der Waals surface area contributed by atoms with Crippen molar-refractivity contribution >= 4 is 5.91 Å². The van der Waals surface area contributed by atoms with Gasteiger partial charge in [0.15, 0.2) is 0 Å². The van der Waals surface area contributed by atoms with E-state index in [-0.39, 0.29) is 17.9 Å². The number of carbonyl (C=O) groups is 1. The number of aliphatic hydroxyl groups is 1. The molecule has 98 valence electrons. The Morgan fingerprint density at radius 2 is 2.00 bits per heavy atom. The third-order valence-corrected chi connectivity index (χ3v) is 4.24. The van der Waals surface area contributed by atoms with Crippen molar-refractivity contribution in [3.8, 4) is 0 Å². The summed E-state index contributed by atoms with van der Waals surface area (Å²) in [6.07, 6.45) is 5.84. The predicted molar refractivity (Wildman–Crippen MR) is 66.3 cm³/mol. The van der Waals surface area contributed by atoms with E-state index in [2.05, 4.69) is 0 Å². The smallest absolute Gasteiger partial charge is 0.226 e. The molecule has 1 aliphatic carbocycles. The molecule has 3 N–H and O–H groups in total. The summed E-state index contributed by atoms with van der Waals surface area (Å²) in [4.78, 5) is 14.3. The van der Waals surface area contributed by atoms with E-state index in [1.165, 1.54) is 6.42 Å². The van der Waals surface area contributed by atoms with E-state index < -0.39 is 0 Å². The lowest BCUT2D eigenvalue weighted by molar-refractivity contribution is -0.141.